The van der Waals surface area contributed by atoms with E-state index in [2.05, 4.69) is 15.3 Å². The fourth-order valence-corrected chi connectivity index (χ4v) is 4.95. The summed E-state index contributed by atoms with van der Waals surface area (Å²) in [6.45, 7) is 3.51. The minimum Gasteiger partial charge on any atom is -0.378 e. The zero-order valence-corrected chi connectivity index (χ0v) is 17.2. The molecular formula is C21H25FN6O3. The van der Waals surface area contributed by atoms with Crippen LogP contribution in [0, 0.1) is 11.2 Å². The first-order valence-corrected chi connectivity index (χ1v) is 10.8. The molecule has 2 amide bonds. The Morgan fingerprint density at radius 3 is 2.35 bits per heavy atom. The molecule has 0 aromatic carbocycles. The molecule has 31 heavy (non-hydrogen) atoms. The molecule has 3 aliphatic rings. The smallest absolute Gasteiger partial charge is 0.276 e. The SMILES string of the molecule is O=C(c1ccc(F)cn1)N1CCC2(CCC2n2cc(C(=O)N3CCOCC3)nn2)CC1. The predicted octanol–water partition coefficient (Wildman–Crippen LogP) is 1.54. The zero-order valence-electron chi connectivity index (χ0n) is 17.2. The van der Waals surface area contributed by atoms with Gasteiger partial charge in [0, 0.05) is 26.2 Å². The Labute approximate surface area is 179 Å². The highest BCUT2D eigenvalue weighted by Crippen LogP contribution is 2.56. The number of likely N-dealkylation sites (tertiary alicyclic amines) is 1. The maximum atomic E-state index is 13.1. The van der Waals surface area contributed by atoms with Gasteiger partial charge in [-0.1, -0.05) is 5.21 Å². The minimum absolute atomic E-state index is 0.0694. The van der Waals surface area contributed by atoms with Crippen molar-refractivity contribution in [3.05, 3.63) is 41.7 Å². The van der Waals surface area contributed by atoms with Gasteiger partial charge in [-0.2, -0.15) is 0 Å². The van der Waals surface area contributed by atoms with Crippen molar-refractivity contribution in [1.82, 2.24) is 29.8 Å². The monoisotopic (exact) mass is 428 g/mol. The molecule has 4 heterocycles. The van der Waals surface area contributed by atoms with Crippen molar-refractivity contribution < 1.29 is 18.7 Å². The van der Waals surface area contributed by atoms with Crippen LogP contribution in [-0.4, -0.2) is 81.0 Å². The van der Waals surface area contributed by atoms with Crippen LogP contribution in [0.4, 0.5) is 4.39 Å². The number of rotatable bonds is 3. The molecule has 10 heteroatoms. The van der Waals surface area contributed by atoms with E-state index in [1.807, 2.05) is 4.68 Å². The van der Waals surface area contributed by atoms with Gasteiger partial charge in [0.2, 0.25) is 0 Å². The number of carbonyl (C=O) groups is 2. The Balaban J connectivity index is 1.23. The van der Waals surface area contributed by atoms with Crippen molar-refractivity contribution in [2.75, 3.05) is 39.4 Å². The number of hydrogen-bond acceptors (Lipinski definition) is 6. The molecule has 1 spiro atoms. The number of piperidine rings is 1. The molecule has 1 unspecified atom stereocenters. The summed E-state index contributed by atoms with van der Waals surface area (Å²) in [6.07, 6.45) is 6.61. The molecule has 1 aliphatic carbocycles. The van der Waals surface area contributed by atoms with Gasteiger partial charge in [0.1, 0.15) is 11.5 Å². The first-order valence-electron chi connectivity index (χ1n) is 10.8. The van der Waals surface area contributed by atoms with Gasteiger partial charge < -0.3 is 14.5 Å². The van der Waals surface area contributed by atoms with Gasteiger partial charge in [-0.05, 0) is 43.2 Å². The second-order valence-corrected chi connectivity index (χ2v) is 8.56. The first-order chi connectivity index (χ1) is 15.1. The lowest BCUT2D eigenvalue weighted by Crippen LogP contribution is -2.51. The van der Waals surface area contributed by atoms with Crippen molar-refractivity contribution in [2.45, 2.75) is 31.7 Å². The summed E-state index contributed by atoms with van der Waals surface area (Å²) in [6, 6.07) is 2.87. The number of ether oxygens (including phenoxy) is 1. The third-order valence-corrected chi connectivity index (χ3v) is 6.96. The number of nitrogens with zero attached hydrogens (tertiary/aromatic N) is 6. The first kappa shape index (κ1) is 20.0. The molecule has 2 aliphatic heterocycles. The van der Waals surface area contributed by atoms with E-state index >= 15 is 0 Å². The van der Waals surface area contributed by atoms with Crippen molar-refractivity contribution in [3.8, 4) is 0 Å². The fraction of sp³-hybridized carbons (Fsp3) is 0.571. The van der Waals surface area contributed by atoms with Crippen LogP contribution in [0.1, 0.15) is 52.7 Å². The number of carbonyl (C=O) groups excluding carboxylic acids is 2. The second-order valence-electron chi connectivity index (χ2n) is 8.56. The number of morpholine rings is 1. The van der Waals surface area contributed by atoms with Crippen LogP contribution in [0.3, 0.4) is 0 Å². The highest BCUT2D eigenvalue weighted by Gasteiger charge is 2.50. The van der Waals surface area contributed by atoms with E-state index in [1.54, 1.807) is 16.0 Å². The predicted molar refractivity (Wildman–Crippen MR) is 107 cm³/mol. The molecular weight excluding hydrogens is 403 g/mol. The van der Waals surface area contributed by atoms with E-state index in [-0.39, 0.29) is 29.0 Å². The number of aromatic nitrogens is 4. The van der Waals surface area contributed by atoms with Gasteiger partial charge in [-0.3, -0.25) is 9.59 Å². The maximum Gasteiger partial charge on any atom is 0.276 e. The summed E-state index contributed by atoms with van der Waals surface area (Å²) in [7, 11) is 0. The molecule has 0 bridgehead atoms. The minimum atomic E-state index is -0.453. The van der Waals surface area contributed by atoms with Gasteiger partial charge in [0.25, 0.3) is 11.8 Å². The summed E-state index contributed by atoms with van der Waals surface area (Å²) in [5, 5.41) is 8.42. The van der Waals surface area contributed by atoms with Gasteiger partial charge >= 0.3 is 0 Å². The average Bonchev–Trinajstić information content (AvgIpc) is 3.27. The van der Waals surface area contributed by atoms with Gasteiger partial charge in [-0.15, -0.1) is 5.10 Å². The molecule has 1 atom stereocenters. The van der Waals surface area contributed by atoms with E-state index in [9.17, 15) is 14.0 Å². The number of pyridine rings is 1. The standard InChI is InChI=1S/C21H25FN6O3/c22-15-1-2-16(23-13-15)19(29)26-7-5-21(6-8-26)4-3-18(21)28-14-17(24-25-28)20(30)27-9-11-31-12-10-27/h1-2,13-14,18H,3-12H2. The summed E-state index contributed by atoms with van der Waals surface area (Å²) in [5.41, 5.74) is 0.712. The van der Waals surface area contributed by atoms with Crippen molar-refractivity contribution in [1.29, 1.82) is 0 Å². The van der Waals surface area contributed by atoms with Crippen molar-refractivity contribution in [3.63, 3.8) is 0 Å². The Bertz CT molecular complexity index is 964. The molecule has 2 aromatic heterocycles. The van der Waals surface area contributed by atoms with E-state index < -0.39 is 5.82 Å². The second kappa shape index (κ2) is 7.99. The van der Waals surface area contributed by atoms with E-state index in [1.165, 1.54) is 12.1 Å². The van der Waals surface area contributed by atoms with Crippen molar-refractivity contribution in [2.24, 2.45) is 5.41 Å². The largest absolute Gasteiger partial charge is 0.378 e. The maximum absolute atomic E-state index is 13.1. The highest BCUT2D eigenvalue weighted by molar-refractivity contribution is 5.92. The Morgan fingerprint density at radius 1 is 1.00 bits per heavy atom. The van der Waals surface area contributed by atoms with E-state index in [0.717, 1.165) is 31.9 Å². The van der Waals surface area contributed by atoms with Crippen LogP contribution in [0.15, 0.2) is 24.5 Å². The highest BCUT2D eigenvalue weighted by atomic mass is 19.1. The number of hydrogen-bond donors (Lipinski definition) is 0. The number of amides is 2. The third kappa shape index (κ3) is 3.69. The Hall–Kier alpha value is -2.88. The molecule has 5 rings (SSSR count). The molecule has 164 valence electrons. The quantitative estimate of drug-likeness (QED) is 0.736. The van der Waals surface area contributed by atoms with Gasteiger partial charge in [-0.25, -0.2) is 14.1 Å². The average molecular weight is 428 g/mol. The van der Waals surface area contributed by atoms with Gasteiger partial charge in [0.15, 0.2) is 5.69 Å². The molecule has 1 saturated carbocycles. The van der Waals surface area contributed by atoms with Crippen molar-refractivity contribution >= 4 is 11.8 Å². The zero-order chi connectivity index (χ0) is 21.4. The summed E-state index contributed by atoms with van der Waals surface area (Å²) in [4.78, 5) is 32.8. The molecule has 0 N–H and O–H groups in total. The summed E-state index contributed by atoms with van der Waals surface area (Å²) < 4.78 is 20.2. The number of halogens is 1. The topological polar surface area (TPSA) is 93.5 Å². The van der Waals surface area contributed by atoms with Crippen LogP contribution >= 0.6 is 0 Å². The summed E-state index contributed by atoms with van der Waals surface area (Å²) in [5.74, 6) is -0.717. The molecule has 9 nitrogen and oxygen atoms in total. The van der Waals surface area contributed by atoms with E-state index in [0.29, 0.717) is 45.1 Å². The molecule has 0 radical (unpaired) electrons. The fourth-order valence-electron chi connectivity index (χ4n) is 4.95. The Morgan fingerprint density at radius 2 is 1.71 bits per heavy atom. The third-order valence-electron chi connectivity index (χ3n) is 6.96. The summed E-state index contributed by atoms with van der Waals surface area (Å²) >= 11 is 0. The van der Waals surface area contributed by atoms with Crippen LogP contribution in [0.2, 0.25) is 0 Å². The Kier molecular flexibility index (Phi) is 5.17. The van der Waals surface area contributed by atoms with Crippen LogP contribution in [0.25, 0.3) is 0 Å². The van der Waals surface area contributed by atoms with E-state index in [4.69, 9.17) is 4.74 Å². The van der Waals surface area contributed by atoms with Crippen LogP contribution in [-0.2, 0) is 4.74 Å². The molecule has 2 saturated heterocycles. The van der Waals surface area contributed by atoms with Crippen LogP contribution in [0.5, 0.6) is 0 Å². The molecule has 3 fully saturated rings. The lowest BCUT2D eigenvalue weighted by Gasteiger charge is -2.53. The normalized spacial score (nSPS) is 22.9. The van der Waals surface area contributed by atoms with Crippen LogP contribution < -0.4 is 0 Å². The molecule has 2 aromatic rings. The van der Waals surface area contributed by atoms with Gasteiger partial charge in [0.05, 0.1) is 31.6 Å². The lowest BCUT2D eigenvalue weighted by atomic mass is 9.59. The lowest BCUT2D eigenvalue weighted by molar-refractivity contribution is -0.0269.